The Morgan fingerprint density at radius 2 is 1.95 bits per heavy atom. The molecule has 0 spiro atoms. The predicted octanol–water partition coefficient (Wildman–Crippen LogP) is 4.58. The number of amides is 1. The zero-order valence-corrected chi connectivity index (χ0v) is 13.2. The Kier molecular flexibility index (Phi) is 5.39. The number of hydrogen-bond donors (Lipinski definition) is 1. The minimum Gasteiger partial charge on any atom is -0.481 e. The molecule has 1 amide bonds. The van der Waals surface area contributed by atoms with E-state index in [2.05, 4.69) is 5.32 Å². The van der Waals surface area contributed by atoms with Gasteiger partial charge in [0.1, 0.15) is 11.6 Å². The number of anilines is 1. The van der Waals surface area contributed by atoms with E-state index in [1.165, 1.54) is 24.3 Å². The fraction of sp³-hybridized carbons (Fsp3) is 0.235. The molecule has 22 heavy (non-hydrogen) atoms. The average molecular weight is 322 g/mol. The van der Waals surface area contributed by atoms with Crippen LogP contribution in [0.1, 0.15) is 18.9 Å². The van der Waals surface area contributed by atoms with Crippen molar-refractivity contribution < 1.29 is 13.9 Å². The van der Waals surface area contributed by atoms with Crippen molar-refractivity contribution in [3.63, 3.8) is 0 Å². The molecule has 116 valence electrons. The van der Waals surface area contributed by atoms with Gasteiger partial charge in [-0.15, -0.1) is 0 Å². The summed E-state index contributed by atoms with van der Waals surface area (Å²) in [5.41, 5.74) is 1.41. The molecule has 1 unspecified atom stereocenters. The predicted molar refractivity (Wildman–Crippen MR) is 85.9 cm³/mol. The number of rotatable bonds is 5. The lowest BCUT2D eigenvalue weighted by molar-refractivity contribution is -0.122. The summed E-state index contributed by atoms with van der Waals surface area (Å²) in [4.78, 5) is 12.2. The van der Waals surface area contributed by atoms with Crippen LogP contribution < -0.4 is 10.1 Å². The van der Waals surface area contributed by atoms with Crippen LogP contribution in [-0.4, -0.2) is 12.0 Å². The van der Waals surface area contributed by atoms with E-state index in [4.69, 9.17) is 16.3 Å². The van der Waals surface area contributed by atoms with Gasteiger partial charge in [-0.2, -0.15) is 0 Å². The second kappa shape index (κ2) is 7.27. The molecule has 0 fully saturated rings. The van der Waals surface area contributed by atoms with Crippen LogP contribution in [0.5, 0.6) is 5.75 Å². The molecule has 0 aliphatic rings. The zero-order valence-electron chi connectivity index (χ0n) is 12.4. The molecule has 5 heteroatoms. The molecule has 0 heterocycles. The quantitative estimate of drug-likeness (QED) is 0.875. The highest BCUT2D eigenvalue weighted by atomic mass is 35.5. The van der Waals surface area contributed by atoms with Gasteiger partial charge in [0, 0.05) is 10.7 Å². The van der Waals surface area contributed by atoms with Gasteiger partial charge < -0.3 is 10.1 Å². The average Bonchev–Trinajstić information content (AvgIpc) is 2.50. The number of carbonyl (C=O) groups excluding carboxylic acids is 1. The van der Waals surface area contributed by atoms with Gasteiger partial charge in [-0.3, -0.25) is 4.79 Å². The Hall–Kier alpha value is -2.07. The van der Waals surface area contributed by atoms with Gasteiger partial charge >= 0.3 is 0 Å². The molecule has 3 nitrogen and oxygen atoms in total. The Bertz CT molecular complexity index is 658. The van der Waals surface area contributed by atoms with Crippen molar-refractivity contribution in [2.45, 2.75) is 26.4 Å². The van der Waals surface area contributed by atoms with Gasteiger partial charge in [-0.1, -0.05) is 18.5 Å². The maximum Gasteiger partial charge on any atom is 0.265 e. The molecule has 2 aromatic carbocycles. The molecule has 0 saturated carbocycles. The highest BCUT2D eigenvalue weighted by Crippen LogP contribution is 2.22. The van der Waals surface area contributed by atoms with Gasteiger partial charge in [0.15, 0.2) is 6.10 Å². The van der Waals surface area contributed by atoms with Crippen LogP contribution in [0.25, 0.3) is 0 Å². The SMILES string of the molecule is CCC(Oc1ccc(Cl)c(C)c1)C(=O)Nc1ccc(F)cc1. The summed E-state index contributed by atoms with van der Waals surface area (Å²) in [5.74, 6) is -0.0392. The summed E-state index contributed by atoms with van der Waals surface area (Å²) in [6.07, 6.45) is -0.125. The standard InChI is InChI=1S/C17H17ClFNO2/c1-3-16(22-14-8-9-15(18)11(2)10-14)17(21)20-13-6-4-12(19)5-7-13/h4-10,16H,3H2,1-2H3,(H,20,21). The van der Waals surface area contributed by atoms with E-state index >= 15 is 0 Å². The Morgan fingerprint density at radius 1 is 1.27 bits per heavy atom. The second-order valence-corrected chi connectivity index (χ2v) is 5.33. The van der Waals surface area contributed by atoms with Crippen molar-refractivity contribution in [2.24, 2.45) is 0 Å². The lowest BCUT2D eigenvalue weighted by atomic mass is 10.2. The van der Waals surface area contributed by atoms with Gasteiger partial charge in [-0.25, -0.2) is 4.39 Å². The van der Waals surface area contributed by atoms with Crippen molar-refractivity contribution in [3.8, 4) is 5.75 Å². The minimum absolute atomic E-state index is 0.276. The van der Waals surface area contributed by atoms with Crippen molar-refractivity contribution in [1.29, 1.82) is 0 Å². The molecule has 0 saturated heterocycles. The summed E-state index contributed by atoms with van der Waals surface area (Å²) < 4.78 is 18.6. The van der Waals surface area contributed by atoms with E-state index in [1.54, 1.807) is 18.2 Å². The molecule has 1 N–H and O–H groups in total. The van der Waals surface area contributed by atoms with E-state index in [9.17, 15) is 9.18 Å². The fourth-order valence-corrected chi connectivity index (χ4v) is 2.05. The van der Waals surface area contributed by atoms with Gasteiger partial charge in [0.2, 0.25) is 0 Å². The molecular formula is C17H17ClFNO2. The Labute approximate surface area is 134 Å². The number of nitrogens with one attached hydrogen (secondary N) is 1. The van der Waals surface area contributed by atoms with Gasteiger partial charge in [0.25, 0.3) is 5.91 Å². The summed E-state index contributed by atoms with van der Waals surface area (Å²) in [5, 5.41) is 3.36. The number of benzene rings is 2. The number of carbonyl (C=O) groups is 1. The molecule has 0 bridgehead atoms. The maximum atomic E-state index is 12.9. The van der Waals surface area contributed by atoms with Crippen LogP contribution in [0.2, 0.25) is 5.02 Å². The van der Waals surface area contributed by atoms with Crippen molar-refractivity contribution in [3.05, 3.63) is 58.9 Å². The van der Waals surface area contributed by atoms with Crippen LogP contribution in [0, 0.1) is 12.7 Å². The minimum atomic E-state index is -0.634. The highest BCUT2D eigenvalue weighted by molar-refractivity contribution is 6.31. The van der Waals surface area contributed by atoms with Crippen LogP contribution in [-0.2, 0) is 4.79 Å². The largest absolute Gasteiger partial charge is 0.481 e. The zero-order chi connectivity index (χ0) is 16.1. The van der Waals surface area contributed by atoms with Crippen molar-refractivity contribution >= 4 is 23.2 Å². The van der Waals surface area contributed by atoms with Crippen LogP contribution in [0.3, 0.4) is 0 Å². The third-order valence-corrected chi connectivity index (χ3v) is 3.61. The first-order chi connectivity index (χ1) is 10.5. The maximum absolute atomic E-state index is 12.9. The van der Waals surface area contributed by atoms with Crippen LogP contribution in [0.15, 0.2) is 42.5 Å². The van der Waals surface area contributed by atoms with Crippen molar-refractivity contribution in [2.75, 3.05) is 5.32 Å². The van der Waals surface area contributed by atoms with Gasteiger partial charge in [0.05, 0.1) is 0 Å². The highest BCUT2D eigenvalue weighted by Gasteiger charge is 2.18. The summed E-state index contributed by atoms with van der Waals surface area (Å²) in [6.45, 7) is 3.73. The molecule has 0 radical (unpaired) electrons. The first-order valence-electron chi connectivity index (χ1n) is 6.99. The molecule has 0 aliphatic heterocycles. The number of hydrogen-bond acceptors (Lipinski definition) is 2. The number of ether oxygens (including phenoxy) is 1. The van der Waals surface area contributed by atoms with Crippen molar-refractivity contribution in [1.82, 2.24) is 0 Å². The first-order valence-corrected chi connectivity index (χ1v) is 7.36. The lowest BCUT2D eigenvalue weighted by Crippen LogP contribution is -2.32. The van der Waals surface area contributed by atoms with E-state index in [1.807, 2.05) is 13.8 Å². The summed E-state index contributed by atoms with van der Waals surface area (Å²) in [7, 11) is 0. The third-order valence-electron chi connectivity index (χ3n) is 3.18. The summed E-state index contributed by atoms with van der Waals surface area (Å²) in [6, 6.07) is 10.8. The smallest absolute Gasteiger partial charge is 0.265 e. The molecular weight excluding hydrogens is 305 g/mol. The van der Waals surface area contributed by atoms with E-state index < -0.39 is 6.10 Å². The normalized spacial score (nSPS) is 11.8. The third kappa shape index (κ3) is 4.21. The lowest BCUT2D eigenvalue weighted by Gasteiger charge is -2.18. The van der Waals surface area contributed by atoms with Crippen LogP contribution >= 0.6 is 11.6 Å². The van der Waals surface area contributed by atoms with E-state index in [-0.39, 0.29) is 11.7 Å². The number of halogens is 2. The molecule has 0 aliphatic carbocycles. The van der Waals surface area contributed by atoms with E-state index in [0.717, 1.165) is 5.56 Å². The fourth-order valence-electron chi connectivity index (χ4n) is 1.93. The molecule has 2 rings (SSSR count). The molecule has 0 aromatic heterocycles. The molecule has 1 atom stereocenters. The van der Waals surface area contributed by atoms with E-state index in [0.29, 0.717) is 22.9 Å². The van der Waals surface area contributed by atoms with Crippen LogP contribution in [0.4, 0.5) is 10.1 Å². The monoisotopic (exact) mass is 321 g/mol. The number of aryl methyl sites for hydroxylation is 1. The molecule has 2 aromatic rings. The first kappa shape index (κ1) is 16.3. The second-order valence-electron chi connectivity index (χ2n) is 4.92. The Balaban J connectivity index is 2.05. The van der Waals surface area contributed by atoms with Gasteiger partial charge in [-0.05, 0) is 61.4 Å². The topological polar surface area (TPSA) is 38.3 Å². The summed E-state index contributed by atoms with van der Waals surface area (Å²) >= 11 is 5.97. The Morgan fingerprint density at radius 3 is 2.55 bits per heavy atom.